The number of piperidine rings is 1. The number of benzene rings is 1. The van der Waals surface area contributed by atoms with Crippen LogP contribution in [0.5, 0.6) is 0 Å². The van der Waals surface area contributed by atoms with Gasteiger partial charge in [0.05, 0.1) is 5.69 Å². The molecule has 0 spiro atoms. The summed E-state index contributed by atoms with van der Waals surface area (Å²) in [6.45, 7) is 10.5. The number of anilines is 1. The molecule has 4 N–H and O–H groups in total. The number of hydrogen-bond acceptors (Lipinski definition) is 8. The lowest BCUT2D eigenvalue weighted by Crippen LogP contribution is -2.45. The highest BCUT2D eigenvalue weighted by molar-refractivity contribution is 5.99. The molecule has 1 aliphatic heterocycles. The molecule has 2 amide bonds. The van der Waals surface area contributed by atoms with Crippen LogP contribution >= 0.6 is 0 Å². The largest absolute Gasteiger partial charge is 0.382 e. The van der Waals surface area contributed by atoms with Gasteiger partial charge in [-0.3, -0.25) is 23.6 Å². The summed E-state index contributed by atoms with van der Waals surface area (Å²) in [4.78, 5) is 59.4. The van der Waals surface area contributed by atoms with Crippen LogP contribution in [0.25, 0.3) is 33.7 Å². The van der Waals surface area contributed by atoms with Crippen molar-refractivity contribution in [3.8, 4) is 28.2 Å². The number of nitrogens with zero attached hydrogens (tertiary/aromatic N) is 8. The van der Waals surface area contributed by atoms with E-state index in [2.05, 4.69) is 21.2 Å². The Morgan fingerprint density at radius 3 is 2.21 bits per heavy atom. The molecule has 0 saturated carbocycles. The molecule has 1 aromatic carbocycles. The zero-order valence-electron chi connectivity index (χ0n) is 28.0. The fourth-order valence-electron chi connectivity index (χ4n) is 6.78. The molecule has 4 aromatic heterocycles. The van der Waals surface area contributed by atoms with Crippen molar-refractivity contribution in [2.24, 2.45) is 18.7 Å². The monoisotopic (exact) mass is 652 g/mol. The van der Waals surface area contributed by atoms with E-state index in [-0.39, 0.29) is 34.8 Å². The Hall–Kier alpha value is -5.53. The molecule has 48 heavy (non-hydrogen) atoms. The first-order valence-electron chi connectivity index (χ1n) is 16.0. The topological polar surface area (TPSA) is 181 Å². The Bertz CT molecular complexity index is 2180. The van der Waals surface area contributed by atoms with Crippen LogP contribution in [0.4, 0.5) is 5.82 Å². The first-order valence-corrected chi connectivity index (χ1v) is 16.0. The number of fused-ring (bicyclic) bond motifs is 1. The minimum atomic E-state index is -0.954. The van der Waals surface area contributed by atoms with Gasteiger partial charge in [-0.15, -0.1) is 0 Å². The van der Waals surface area contributed by atoms with Gasteiger partial charge in [-0.25, -0.2) is 18.9 Å². The fraction of sp³-hybridized carbons (Fsp3) is 0.382. The zero-order chi connectivity index (χ0) is 34.6. The molecule has 1 aliphatic rings. The average Bonchev–Trinajstić information content (AvgIpc) is 3.60. The first kappa shape index (κ1) is 32.4. The van der Waals surface area contributed by atoms with Crippen LogP contribution in [0.15, 0.2) is 52.4 Å². The lowest BCUT2D eigenvalue weighted by atomic mass is 9.92. The van der Waals surface area contributed by atoms with Gasteiger partial charge in [0.1, 0.15) is 17.4 Å². The Balaban J connectivity index is 1.45. The van der Waals surface area contributed by atoms with Crippen molar-refractivity contribution >= 4 is 23.1 Å². The summed E-state index contributed by atoms with van der Waals surface area (Å²) in [5.41, 5.74) is 14.9. The Labute approximate surface area is 276 Å². The van der Waals surface area contributed by atoms with Crippen molar-refractivity contribution in [3.05, 3.63) is 80.5 Å². The normalized spacial score (nSPS) is 14.0. The SMILES string of the molecule is Cc1cn(C)nc1-n1c(=O)c(C(N)=O)c(-c2ccc(-c3cc(C4CCN(C(=O)C(C)C)CC4)n4ncnc(N)c34)cc2)n(C(C)C)c1=O. The maximum atomic E-state index is 14.0. The Morgan fingerprint density at radius 2 is 1.65 bits per heavy atom. The van der Waals surface area contributed by atoms with E-state index < -0.39 is 23.2 Å². The minimum Gasteiger partial charge on any atom is -0.382 e. The molecule has 0 atom stereocenters. The number of aromatic nitrogens is 7. The van der Waals surface area contributed by atoms with Crippen molar-refractivity contribution in [1.82, 2.24) is 38.4 Å². The number of nitrogen functional groups attached to an aromatic ring is 1. The van der Waals surface area contributed by atoms with Gasteiger partial charge < -0.3 is 16.4 Å². The van der Waals surface area contributed by atoms with Gasteiger partial charge in [0.2, 0.25) is 5.91 Å². The molecule has 6 rings (SSSR count). The number of carbonyl (C=O) groups is 2. The second-order valence-electron chi connectivity index (χ2n) is 13.0. The summed E-state index contributed by atoms with van der Waals surface area (Å²) in [6.07, 6.45) is 4.70. The summed E-state index contributed by atoms with van der Waals surface area (Å²) >= 11 is 0. The highest BCUT2D eigenvalue weighted by Crippen LogP contribution is 2.37. The van der Waals surface area contributed by atoms with E-state index in [4.69, 9.17) is 11.5 Å². The lowest BCUT2D eigenvalue weighted by molar-refractivity contribution is -0.135. The predicted octanol–water partition coefficient (Wildman–Crippen LogP) is 3.04. The molecular formula is C34H40N10O4. The Morgan fingerprint density at radius 1 is 1.00 bits per heavy atom. The van der Waals surface area contributed by atoms with Gasteiger partial charge in [-0.2, -0.15) is 10.2 Å². The first-order chi connectivity index (χ1) is 22.8. The lowest BCUT2D eigenvalue weighted by Gasteiger charge is -2.33. The molecule has 5 heterocycles. The molecule has 1 saturated heterocycles. The van der Waals surface area contributed by atoms with Crippen LogP contribution < -0.4 is 22.7 Å². The predicted molar refractivity (Wildman–Crippen MR) is 182 cm³/mol. The van der Waals surface area contributed by atoms with E-state index in [1.807, 2.05) is 35.4 Å². The third-order valence-corrected chi connectivity index (χ3v) is 9.05. The van der Waals surface area contributed by atoms with Crippen LogP contribution in [0.2, 0.25) is 0 Å². The maximum Gasteiger partial charge on any atom is 0.337 e. The molecule has 250 valence electrons. The van der Waals surface area contributed by atoms with E-state index in [9.17, 15) is 19.2 Å². The van der Waals surface area contributed by atoms with Gasteiger partial charge in [0, 0.05) is 61.0 Å². The standard InChI is InChI=1S/C34H40N10O4/c1-18(2)32(46)41-13-11-22(12-14-41)25-15-24(28-29(35)37-17-38-44(25)28)21-7-9-23(10-8-21)27-26(30(36)45)33(47)43(34(48)42(27)19(3)4)31-20(5)16-40(6)39-31/h7-10,15-19,22H,11-14H2,1-6H3,(H2,36,45)(H2,35,37,38). The average molecular weight is 653 g/mol. The van der Waals surface area contributed by atoms with Gasteiger partial charge >= 0.3 is 5.69 Å². The zero-order valence-corrected chi connectivity index (χ0v) is 28.0. The van der Waals surface area contributed by atoms with Crippen molar-refractivity contribution in [3.63, 3.8) is 0 Å². The molecule has 0 unspecified atom stereocenters. The number of hydrogen-bond donors (Lipinski definition) is 2. The molecule has 0 bridgehead atoms. The number of primary amides is 1. The summed E-state index contributed by atoms with van der Waals surface area (Å²) in [5, 5.41) is 8.86. The highest BCUT2D eigenvalue weighted by Gasteiger charge is 2.30. The van der Waals surface area contributed by atoms with E-state index in [0.717, 1.165) is 34.2 Å². The summed E-state index contributed by atoms with van der Waals surface area (Å²) in [6, 6.07) is 8.83. The van der Waals surface area contributed by atoms with Crippen LogP contribution in [-0.2, 0) is 11.8 Å². The number of aryl methyl sites for hydroxylation is 2. The van der Waals surface area contributed by atoms with Gasteiger partial charge in [-0.1, -0.05) is 38.1 Å². The molecular weight excluding hydrogens is 612 g/mol. The number of rotatable bonds is 7. The van der Waals surface area contributed by atoms with Crippen molar-refractivity contribution in [2.75, 3.05) is 18.8 Å². The number of nitrogens with two attached hydrogens (primary N) is 2. The van der Waals surface area contributed by atoms with Crippen molar-refractivity contribution in [2.45, 2.75) is 59.4 Å². The summed E-state index contributed by atoms with van der Waals surface area (Å²) in [5.74, 6) is -0.226. The molecule has 1 fully saturated rings. The maximum absolute atomic E-state index is 14.0. The van der Waals surface area contributed by atoms with Crippen molar-refractivity contribution in [1.29, 1.82) is 0 Å². The van der Waals surface area contributed by atoms with E-state index >= 15 is 0 Å². The number of likely N-dealkylation sites (tertiary alicyclic amines) is 1. The second-order valence-corrected chi connectivity index (χ2v) is 13.0. The highest BCUT2D eigenvalue weighted by atomic mass is 16.2. The van der Waals surface area contributed by atoms with Crippen molar-refractivity contribution < 1.29 is 9.59 Å². The third-order valence-electron chi connectivity index (χ3n) is 9.05. The van der Waals surface area contributed by atoms with Gasteiger partial charge in [-0.05, 0) is 50.8 Å². The van der Waals surface area contributed by atoms with Gasteiger partial charge in [0.25, 0.3) is 11.5 Å². The number of carbonyl (C=O) groups excluding carboxylic acids is 2. The molecule has 14 heteroatoms. The van der Waals surface area contributed by atoms with E-state index in [1.165, 1.54) is 15.6 Å². The molecule has 0 aliphatic carbocycles. The minimum absolute atomic E-state index is 0.0471. The summed E-state index contributed by atoms with van der Waals surface area (Å²) < 4.78 is 5.64. The Kier molecular flexibility index (Phi) is 8.27. The van der Waals surface area contributed by atoms with E-state index in [1.54, 1.807) is 46.1 Å². The molecule has 14 nitrogen and oxygen atoms in total. The smallest absolute Gasteiger partial charge is 0.337 e. The quantitative estimate of drug-likeness (QED) is 0.269. The third kappa shape index (κ3) is 5.36. The second kappa shape index (κ2) is 12.2. The molecule has 0 radical (unpaired) electrons. The van der Waals surface area contributed by atoms with Crippen LogP contribution in [0.3, 0.4) is 0 Å². The fourth-order valence-corrected chi connectivity index (χ4v) is 6.78. The van der Waals surface area contributed by atoms with Crippen LogP contribution in [0.1, 0.15) is 74.1 Å². The van der Waals surface area contributed by atoms with Crippen LogP contribution in [0, 0.1) is 12.8 Å². The van der Waals surface area contributed by atoms with Gasteiger partial charge in [0.15, 0.2) is 11.6 Å². The van der Waals surface area contributed by atoms with E-state index in [0.29, 0.717) is 35.6 Å². The van der Waals surface area contributed by atoms with Crippen LogP contribution in [-0.4, -0.2) is 63.3 Å². The summed E-state index contributed by atoms with van der Waals surface area (Å²) in [7, 11) is 1.68. The molecule has 5 aromatic rings. The number of amides is 2.